The fraction of sp³-hybridized carbons (Fsp3) is 0.529. The molecular weight excluding hydrogens is 376 g/mol. The Kier molecular flexibility index (Phi) is 7.96. The summed E-state index contributed by atoms with van der Waals surface area (Å²) in [6.07, 6.45) is 0.764. The van der Waals surface area contributed by atoms with Crippen LogP contribution >= 0.6 is 11.6 Å². The number of non-ortho nitro benzene ring substituents is 1. The Bertz CT molecular complexity index is 692. The van der Waals surface area contributed by atoms with Crippen LogP contribution in [0.4, 0.5) is 5.69 Å². The molecule has 148 valence electrons. The van der Waals surface area contributed by atoms with Gasteiger partial charge in [0.15, 0.2) is 0 Å². The van der Waals surface area contributed by atoms with Gasteiger partial charge < -0.3 is 15.0 Å². The van der Waals surface area contributed by atoms with Crippen molar-refractivity contribution in [1.82, 2.24) is 15.1 Å². The Morgan fingerprint density at radius 1 is 1.30 bits per heavy atom. The number of nitrogens with zero attached hydrogens (tertiary/aromatic N) is 3. The summed E-state index contributed by atoms with van der Waals surface area (Å²) in [5.41, 5.74) is 0.0875. The Labute approximate surface area is 162 Å². The zero-order chi connectivity index (χ0) is 19.8. The summed E-state index contributed by atoms with van der Waals surface area (Å²) in [6, 6.07) is 3.82. The van der Waals surface area contributed by atoms with Gasteiger partial charge in [0.05, 0.1) is 22.1 Å². The molecule has 9 nitrogen and oxygen atoms in total. The predicted octanol–water partition coefficient (Wildman–Crippen LogP) is 1.16. The standard InChI is InChI=1S/C17H23ClN4O5/c1-27-10-2-5-19-16(23)12-20-6-8-21(9-7-20)17(24)14-4-3-13(22(25)26)11-15(14)18/h3-4,11H,2,5-10,12H2,1H3,(H,19,23). The highest BCUT2D eigenvalue weighted by Gasteiger charge is 2.25. The van der Waals surface area contributed by atoms with E-state index in [2.05, 4.69) is 5.32 Å². The van der Waals surface area contributed by atoms with Crippen molar-refractivity contribution in [2.24, 2.45) is 0 Å². The van der Waals surface area contributed by atoms with Crippen LogP contribution in [0, 0.1) is 10.1 Å². The zero-order valence-corrected chi connectivity index (χ0v) is 15.9. The fourth-order valence-electron chi connectivity index (χ4n) is 2.77. The number of piperazine rings is 1. The smallest absolute Gasteiger partial charge is 0.270 e. The van der Waals surface area contributed by atoms with E-state index in [0.717, 1.165) is 6.42 Å². The molecule has 1 aromatic rings. The summed E-state index contributed by atoms with van der Waals surface area (Å²) in [5.74, 6) is -0.317. The molecule has 1 heterocycles. The first-order chi connectivity index (χ1) is 12.9. The van der Waals surface area contributed by atoms with Crippen LogP contribution in [0.15, 0.2) is 18.2 Å². The molecule has 1 N–H and O–H groups in total. The van der Waals surface area contributed by atoms with Gasteiger partial charge in [0.1, 0.15) is 0 Å². The number of hydrogen-bond donors (Lipinski definition) is 1. The third-order valence-corrected chi connectivity index (χ3v) is 4.58. The molecule has 1 aliphatic heterocycles. The van der Waals surface area contributed by atoms with Gasteiger partial charge >= 0.3 is 0 Å². The largest absolute Gasteiger partial charge is 0.385 e. The maximum absolute atomic E-state index is 12.6. The maximum atomic E-state index is 12.6. The quantitative estimate of drug-likeness (QED) is 0.400. The van der Waals surface area contributed by atoms with E-state index in [1.807, 2.05) is 4.90 Å². The van der Waals surface area contributed by atoms with Crippen molar-refractivity contribution in [3.05, 3.63) is 38.9 Å². The molecule has 2 amide bonds. The first kappa shape index (κ1) is 21.1. The monoisotopic (exact) mass is 398 g/mol. The molecule has 0 radical (unpaired) electrons. The number of nitro groups is 1. The van der Waals surface area contributed by atoms with E-state index in [-0.39, 0.29) is 34.6 Å². The molecule has 1 aliphatic rings. The number of rotatable bonds is 8. The Morgan fingerprint density at radius 3 is 2.59 bits per heavy atom. The van der Waals surface area contributed by atoms with Crippen molar-refractivity contribution in [2.75, 3.05) is 53.0 Å². The number of amides is 2. The summed E-state index contributed by atoms with van der Waals surface area (Å²) in [7, 11) is 1.62. The molecule has 0 bridgehead atoms. The number of methoxy groups -OCH3 is 1. The number of hydrogen-bond acceptors (Lipinski definition) is 6. The average Bonchev–Trinajstić information content (AvgIpc) is 2.65. The molecule has 0 aliphatic carbocycles. The minimum absolute atomic E-state index is 0.0516. The SMILES string of the molecule is COCCCNC(=O)CN1CCN(C(=O)c2ccc([N+](=O)[O-])cc2Cl)CC1. The summed E-state index contributed by atoms with van der Waals surface area (Å²) >= 11 is 6.03. The van der Waals surface area contributed by atoms with E-state index in [1.165, 1.54) is 18.2 Å². The molecule has 0 spiro atoms. The molecular formula is C17H23ClN4O5. The summed E-state index contributed by atoms with van der Waals surface area (Å²) in [4.78, 5) is 38.3. The normalized spacial score (nSPS) is 14.8. The number of ether oxygens (including phenoxy) is 1. The lowest BCUT2D eigenvalue weighted by Gasteiger charge is -2.34. The molecule has 1 saturated heterocycles. The van der Waals surface area contributed by atoms with Crippen molar-refractivity contribution in [2.45, 2.75) is 6.42 Å². The maximum Gasteiger partial charge on any atom is 0.270 e. The van der Waals surface area contributed by atoms with Crippen LogP contribution in [-0.2, 0) is 9.53 Å². The van der Waals surface area contributed by atoms with Gasteiger partial charge in [-0.1, -0.05) is 11.6 Å². The highest BCUT2D eigenvalue weighted by atomic mass is 35.5. The highest BCUT2D eigenvalue weighted by Crippen LogP contribution is 2.24. The van der Waals surface area contributed by atoms with Crippen molar-refractivity contribution < 1.29 is 19.2 Å². The molecule has 10 heteroatoms. The molecule has 0 aromatic heterocycles. The second-order valence-corrected chi connectivity index (χ2v) is 6.59. The van der Waals surface area contributed by atoms with Crippen molar-refractivity contribution in [1.29, 1.82) is 0 Å². The van der Waals surface area contributed by atoms with E-state index in [0.29, 0.717) is 39.3 Å². The van der Waals surface area contributed by atoms with Crippen LogP contribution in [0.2, 0.25) is 5.02 Å². The Balaban J connectivity index is 1.82. The third-order valence-electron chi connectivity index (χ3n) is 4.27. The lowest BCUT2D eigenvalue weighted by molar-refractivity contribution is -0.384. The molecule has 1 aromatic carbocycles. The van der Waals surface area contributed by atoms with Gasteiger partial charge in [-0.2, -0.15) is 0 Å². The van der Waals surface area contributed by atoms with E-state index in [1.54, 1.807) is 12.0 Å². The third kappa shape index (κ3) is 6.16. The number of carbonyl (C=O) groups is 2. The van der Waals surface area contributed by atoms with E-state index in [4.69, 9.17) is 16.3 Å². The second-order valence-electron chi connectivity index (χ2n) is 6.19. The van der Waals surface area contributed by atoms with Crippen LogP contribution in [0.25, 0.3) is 0 Å². The van der Waals surface area contributed by atoms with Gasteiger partial charge in [-0.15, -0.1) is 0 Å². The second kappa shape index (κ2) is 10.2. The van der Waals surface area contributed by atoms with E-state index < -0.39 is 4.92 Å². The van der Waals surface area contributed by atoms with Crippen LogP contribution < -0.4 is 5.32 Å². The van der Waals surface area contributed by atoms with Crippen LogP contribution in [0.1, 0.15) is 16.8 Å². The lowest BCUT2D eigenvalue weighted by Crippen LogP contribution is -2.51. The zero-order valence-electron chi connectivity index (χ0n) is 15.1. The molecule has 27 heavy (non-hydrogen) atoms. The first-order valence-electron chi connectivity index (χ1n) is 8.63. The molecule has 1 fully saturated rings. The number of halogens is 1. The minimum atomic E-state index is -0.556. The van der Waals surface area contributed by atoms with Gasteiger partial charge in [-0.25, -0.2) is 0 Å². The molecule has 0 unspecified atom stereocenters. The van der Waals surface area contributed by atoms with Crippen LogP contribution in [-0.4, -0.2) is 79.5 Å². The highest BCUT2D eigenvalue weighted by molar-refractivity contribution is 6.34. The number of nitro benzene ring substituents is 1. The molecule has 0 saturated carbocycles. The van der Waals surface area contributed by atoms with Gasteiger partial charge in [-0.3, -0.25) is 24.6 Å². The Morgan fingerprint density at radius 2 is 2.00 bits per heavy atom. The van der Waals surface area contributed by atoms with Gasteiger partial charge in [-0.05, 0) is 12.5 Å². The van der Waals surface area contributed by atoms with Gasteiger partial charge in [0.25, 0.3) is 11.6 Å². The summed E-state index contributed by atoms with van der Waals surface area (Å²) in [5, 5.41) is 13.7. The van der Waals surface area contributed by atoms with Crippen molar-refractivity contribution >= 4 is 29.1 Å². The van der Waals surface area contributed by atoms with E-state index in [9.17, 15) is 19.7 Å². The number of nitrogens with one attached hydrogen (secondary N) is 1. The topological polar surface area (TPSA) is 105 Å². The summed E-state index contributed by atoms with van der Waals surface area (Å²) < 4.78 is 4.93. The predicted molar refractivity (Wildman–Crippen MR) is 100.0 cm³/mol. The minimum Gasteiger partial charge on any atom is -0.385 e. The number of carbonyl (C=O) groups excluding carboxylic acids is 2. The Hall–Kier alpha value is -2.23. The van der Waals surface area contributed by atoms with E-state index >= 15 is 0 Å². The fourth-order valence-corrected chi connectivity index (χ4v) is 3.03. The molecule has 0 atom stereocenters. The number of benzene rings is 1. The van der Waals surface area contributed by atoms with Crippen molar-refractivity contribution in [3.8, 4) is 0 Å². The lowest BCUT2D eigenvalue weighted by atomic mass is 10.1. The molecule has 2 rings (SSSR count). The average molecular weight is 399 g/mol. The summed E-state index contributed by atoms with van der Waals surface area (Å²) in [6.45, 7) is 3.53. The van der Waals surface area contributed by atoms with Crippen LogP contribution in [0.5, 0.6) is 0 Å². The van der Waals surface area contributed by atoms with Crippen molar-refractivity contribution in [3.63, 3.8) is 0 Å². The van der Waals surface area contributed by atoms with Gasteiger partial charge in [0, 0.05) is 58.6 Å². The van der Waals surface area contributed by atoms with Gasteiger partial charge in [0.2, 0.25) is 5.91 Å². The van der Waals surface area contributed by atoms with Crippen LogP contribution in [0.3, 0.4) is 0 Å². The first-order valence-corrected chi connectivity index (χ1v) is 9.01.